The molecule has 2 amide bonds. The number of aromatic nitrogens is 4. The van der Waals surface area contributed by atoms with Gasteiger partial charge in [0.1, 0.15) is 5.82 Å². The molecule has 2 heterocycles. The molecule has 3 rings (SSSR count). The van der Waals surface area contributed by atoms with Gasteiger partial charge in [0.25, 0.3) is 5.56 Å². The van der Waals surface area contributed by atoms with E-state index < -0.39 is 0 Å². The molecular weight excluding hydrogens is 356 g/mol. The van der Waals surface area contributed by atoms with Crippen LogP contribution >= 0.6 is 0 Å². The van der Waals surface area contributed by atoms with Crippen LogP contribution in [0.5, 0.6) is 0 Å². The highest BCUT2D eigenvalue weighted by atomic mass is 16.2. The summed E-state index contributed by atoms with van der Waals surface area (Å²) in [5, 5.41) is 3.62. The number of urea groups is 1. The Kier molecular flexibility index (Phi) is 5.48. The van der Waals surface area contributed by atoms with Crippen molar-refractivity contribution in [3.8, 4) is 0 Å². The van der Waals surface area contributed by atoms with Gasteiger partial charge in [0.15, 0.2) is 0 Å². The van der Waals surface area contributed by atoms with Crippen molar-refractivity contribution in [3.05, 3.63) is 59.2 Å². The summed E-state index contributed by atoms with van der Waals surface area (Å²) in [4.78, 5) is 37.8. The largest absolute Gasteiger partial charge is 0.335 e. The van der Waals surface area contributed by atoms with Gasteiger partial charge in [-0.15, -0.1) is 0 Å². The van der Waals surface area contributed by atoms with Crippen molar-refractivity contribution in [3.63, 3.8) is 0 Å². The van der Waals surface area contributed by atoms with Crippen molar-refractivity contribution in [1.82, 2.24) is 29.7 Å². The van der Waals surface area contributed by atoms with Crippen LogP contribution in [0.4, 0.5) is 4.79 Å². The number of H-pyrrole nitrogens is 1. The summed E-state index contributed by atoms with van der Waals surface area (Å²) >= 11 is 0. The Morgan fingerprint density at radius 1 is 1.32 bits per heavy atom. The predicted octanol–water partition coefficient (Wildman–Crippen LogP) is 2.38. The van der Waals surface area contributed by atoms with E-state index in [4.69, 9.17) is 0 Å². The summed E-state index contributed by atoms with van der Waals surface area (Å²) in [5.74, 6) is 0.447. The number of carbonyl (C=O) groups is 1. The van der Waals surface area contributed by atoms with Gasteiger partial charge in [-0.1, -0.05) is 32.9 Å². The maximum Gasteiger partial charge on any atom is 0.317 e. The van der Waals surface area contributed by atoms with E-state index in [9.17, 15) is 9.59 Å². The summed E-state index contributed by atoms with van der Waals surface area (Å²) in [5.41, 5.74) is 0.265. The number of nitrogens with one attached hydrogen (secondary N) is 2. The molecule has 3 aromatic rings. The van der Waals surface area contributed by atoms with Gasteiger partial charge in [0.2, 0.25) is 0 Å². The Morgan fingerprint density at radius 3 is 2.75 bits per heavy atom. The normalized spacial score (nSPS) is 12.7. The highest BCUT2D eigenvalue weighted by Gasteiger charge is 2.27. The third-order valence-electron chi connectivity index (χ3n) is 4.69. The number of hydrogen-bond acceptors (Lipinski definition) is 4. The number of aromatic amines is 1. The first-order valence-corrected chi connectivity index (χ1v) is 9.19. The van der Waals surface area contributed by atoms with Crippen molar-refractivity contribution in [2.24, 2.45) is 5.41 Å². The van der Waals surface area contributed by atoms with Gasteiger partial charge in [-0.2, -0.15) is 0 Å². The number of rotatable bonds is 5. The number of nitrogens with zero attached hydrogens (tertiary/aromatic N) is 4. The maximum atomic E-state index is 12.8. The van der Waals surface area contributed by atoms with Gasteiger partial charge in [0, 0.05) is 26.0 Å². The number of hydrogen-bond donors (Lipinski definition) is 2. The molecule has 0 aliphatic carbocycles. The van der Waals surface area contributed by atoms with E-state index in [0.717, 1.165) is 0 Å². The molecule has 0 saturated heterocycles. The first-order valence-electron chi connectivity index (χ1n) is 9.19. The molecule has 0 radical (unpaired) electrons. The quantitative estimate of drug-likeness (QED) is 0.708. The molecule has 2 N–H and O–H groups in total. The zero-order chi connectivity index (χ0) is 20.3. The molecule has 2 aromatic heterocycles. The smallest absolute Gasteiger partial charge is 0.317 e. The van der Waals surface area contributed by atoms with E-state index in [1.807, 2.05) is 16.8 Å². The van der Waals surface area contributed by atoms with Crippen LogP contribution in [0.2, 0.25) is 0 Å². The predicted molar refractivity (Wildman–Crippen MR) is 108 cm³/mol. The van der Waals surface area contributed by atoms with Gasteiger partial charge in [-0.3, -0.25) is 4.79 Å². The van der Waals surface area contributed by atoms with Crippen molar-refractivity contribution >= 4 is 16.9 Å². The van der Waals surface area contributed by atoms with E-state index in [0.29, 0.717) is 23.3 Å². The van der Waals surface area contributed by atoms with E-state index in [2.05, 4.69) is 41.0 Å². The standard InChI is InChI=1S/C20H26N6O2/c1-20(2,3)16(11-26-10-9-21-13-26)23-19(28)25(4)12-17-22-15-8-6-5-7-14(15)18(27)24-17/h5-10,13,16H,11-12H2,1-4H3,(H,23,28)(H,22,24,27)/t16-/m1/s1. The van der Waals surface area contributed by atoms with Crippen LogP contribution in [0, 0.1) is 5.41 Å². The van der Waals surface area contributed by atoms with Crippen molar-refractivity contribution in [2.45, 2.75) is 39.9 Å². The highest BCUT2D eigenvalue weighted by molar-refractivity contribution is 5.77. The van der Waals surface area contributed by atoms with Gasteiger partial charge in [-0.05, 0) is 17.5 Å². The van der Waals surface area contributed by atoms with E-state index in [1.54, 1.807) is 37.8 Å². The topological polar surface area (TPSA) is 95.9 Å². The van der Waals surface area contributed by atoms with Gasteiger partial charge in [0.05, 0.1) is 29.8 Å². The van der Waals surface area contributed by atoms with Gasteiger partial charge >= 0.3 is 6.03 Å². The fourth-order valence-corrected chi connectivity index (χ4v) is 2.91. The number of imidazole rings is 1. The Hall–Kier alpha value is -3.16. The molecule has 0 fully saturated rings. The summed E-state index contributed by atoms with van der Waals surface area (Å²) in [6, 6.07) is 6.82. The molecule has 0 spiro atoms. The number of carbonyl (C=O) groups excluding carboxylic acids is 1. The molecule has 0 saturated carbocycles. The molecule has 28 heavy (non-hydrogen) atoms. The van der Waals surface area contributed by atoms with E-state index in [-0.39, 0.29) is 29.6 Å². The fraction of sp³-hybridized carbons (Fsp3) is 0.400. The number of para-hydroxylation sites is 1. The second kappa shape index (κ2) is 7.84. The molecule has 0 aliphatic heterocycles. The number of benzene rings is 1. The van der Waals surface area contributed by atoms with Crippen LogP contribution in [0.15, 0.2) is 47.8 Å². The van der Waals surface area contributed by atoms with Crippen LogP contribution in [0.3, 0.4) is 0 Å². The Morgan fingerprint density at radius 2 is 2.07 bits per heavy atom. The molecule has 1 atom stereocenters. The average molecular weight is 382 g/mol. The molecule has 1 aromatic carbocycles. The van der Waals surface area contributed by atoms with Crippen molar-refractivity contribution in [1.29, 1.82) is 0 Å². The minimum absolute atomic E-state index is 0.0970. The Balaban J connectivity index is 1.72. The van der Waals surface area contributed by atoms with Crippen LogP contribution < -0.4 is 10.9 Å². The number of fused-ring (bicyclic) bond motifs is 1. The van der Waals surface area contributed by atoms with Crippen molar-refractivity contribution < 1.29 is 4.79 Å². The average Bonchev–Trinajstić information content (AvgIpc) is 3.13. The summed E-state index contributed by atoms with van der Waals surface area (Å²) in [7, 11) is 1.68. The molecule has 8 nitrogen and oxygen atoms in total. The van der Waals surface area contributed by atoms with Crippen LogP contribution in [0.25, 0.3) is 10.9 Å². The molecule has 0 aliphatic rings. The summed E-state index contributed by atoms with van der Waals surface area (Å²) < 4.78 is 1.94. The molecule has 8 heteroatoms. The lowest BCUT2D eigenvalue weighted by Crippen LogP contribution is -2.50. The Labute approximate surface area is 163 Å². The lowest BCUT2D eigenvalue weighted by Gasteiger charge is -2.33. The lowest BCUT2D eigenvalue weighted by molar-refractivity contribution is 0.180. The minimum Gasteiger partial charge on any atom is -0.335 e. The monoisotopic (exact) mass is 382 g/mol. The highest BCUT2D eigenvalue weighted by Crippen LogP contribution is 2.21. The first kappa shape index (κ1) is 19.6. The zero-order valence-corrected chi connectivity index (χ0v) is 16.6. The maximum absolute atomic E-state index is 12.8. The third kappa shape index (κ3) is 4.57. The summed E-state index contributed by atoms with van der Waals surface area (Å²) in [6.45, 7) is 7.06. The molecule has 0 bridgehead atoms. The van der Waals surface area contributed by atoms with Gasteiger partial charge < -0.3 is 19.8 Å². The van der Waals surface area contributed by atoms with Crippen molar-refractivity contribution in [2.75, 3.05) is 7.05 Å². The van der Waals surface area contributed by atoms with E-state index >= 15 is 0 Å². The zero-order valence-electron chi connectivity index (χ0n) is 16.6. The fourth-order valence-electron chi connectivity index (χ4n) is 2.91. The third-order valence-corrected chi connectivity index (χ3v) is 4.69. The number of amides is 2. The SMILES string of the molecule is CN(Cc1nc2ccccc2c(=O)[nH]1)C(=O)N[C@H](Cn1ccnc1)C(C)(C)C. The first-order chi connectivity index (χ1) is 13.2. The van der Waals surface area contributed by atoms with Gasteiger partial charge in [-0.25, -0.2) is 14.8 Å². The molecular formula is C20H26N6O2. The van der Waals surface area contributed by atoms with Crippen LogP contribution in [-0.2, 0) is 13.1 Å². The Bertz CT molecular complexity index is 1000. The summed E-state index contributed by atoms with van der Waals surface area (Å²) in [6.07, 6.45) is 5.33. The molecule has 148 valence electrons. The minimum atomic E-state index is -0.226. The van der Waals surface area contributed by atoms with Crippen LogP contribution in [-0.4, -0.2) is 43.5 Å². The van der Waals surface area contributed by atoms with E-state index in [1.165, 1.54) is 4.90 Å². The van der Waals surface area contributed by atoms with Crippen LogP contribution in [0.1, 0.15) is 26.6 Å². The molecule has 0 unspecified atom stereocenters. The lowest BCUT2D eigenvalue weighted by atomic mass is 9.86. The second-order valence-electron chi connectivity index (χ2n) is 8.01. The second-order valence-corrected chi connectivity index (χ2v) is 8.01.